The van der Waals surface area contributed by atoms with Gasteiger partial charge >= 0.3 is 0 Å². The summed E-state index contributed by atoms with van der Waals surface area (Å²) in [5, 5.41) is 16.8. The summed E-state index contributed by atoms with van der Waals surface area (Å²) in [6.07, 6.45) is -0.166. The summed E-state index contributed by atoms with van der Waals surface area (Å²) < 4.78 is 33.8. The van der Waals surface area contributed by atoms with Crippen molar-refractivity contribution >= 4 is 29.5 Å². The molecule has 0 aromatic heterocycles. The van der Waals surface area contributed by atoms with Gasteiger partial charge in [-0.15, -0.1) is 0 Å². The third-order valence-corrected chi connectivity index (χ3v) is 13.0. The molecule has 68 heavy (non-hydrogen) atoms. The summed E-state index contributed by atoms with van der Waals surface area (Å²) in [7, 11) is 6.34. The maximum absolute atomic E-state index is 14.6. The lowest BCUT2D eigenvalue weighted by Crippen LogP contribution is -2.60. The van der Waals surface area contributed by atoms with Crippen LogP contribution in [0, 0.1) is 23.7 Å². The molecular formula is C50H88N6O12. The Hall–Kier alpha value is -3.75. The van der Waals surface area contributed by atoms with Gasteiger partial charge in [0.15, 0.2) is 0 Å². The molecule has 10 atom stereocenters. The van der Waals surface area contributed by atoms with Crippen LogP contribution in [0.5, 0.6) is 0 Å². The minimum Gasteiger partial charge on any atom is -0.386 e. The minimum atomic E-state index is -0.940. The van der Waals surface area contributed by atoms with Crippen LogP contribution in [0.2, 0.25) is 0 Å². The Morgan fingerprint density at radius 1 is 0.779 bits per heavy atom. The number of likely N-dealkylation sites (N-methyl/N-ethyl adjacent to an activating group) is 2. The van der Waals surface area contributed by atoms with E-state index in [4.69, 9.17) is 34.2 Å². The highest BCUT2D eigenvalue weighted by atomic mass is 16.6. The summed E-state index contributed by atoms with van der Waals surface area (Å²) >= 11 is 0. The number of likely N-dealkylation sites (tertiary alicyclic amines) is 1. The summed E-state index contributed by atoms with van der Waals surface area (Å²) in [6.45, 7) is 18.9. The molecule has 18 heteroatoms. The molecule has 0 aliphatic carbocycles. The first-order chi connectivity index (χ1) is 32.4. The van der Waals surface area contributed by atoms with Crippen LogP contribution in [-0.4, -0.2) is 186 Å². The molecule has 1 heterocycles. The van der Waals surface area contributed by atoms with Crippen LogP contribution in [0.1, 0.15) is 99.2 Å². The fourth-order valence-electron chi connectivity index (χ4n) is 8.91. The highest BCUT2D eigenvalue weighted by Gasteiger charge is 2.43. The van der Waals surface area contributed by atoms with E-state index in [2.05, 4.69) is 10.6 Å². The molecule has 1 aromatic carbocycles. The monoisotopic (exact) mass is 965 g/mol. The summed E-state index contributed by atoms with van der Waals surface area (Å²) in [6, 6.07) is 5.84. The zero-order chi connectivity index (χ0) is 50.9. The minimum absolute atomic E-state index is 0.0316. The smallest absolute Gasteiger partial charge is 0.245 e. The number of carbonyl (C=O) groups excluding carboxylic acids is 5. The van der Waals surface area contributed by atoms with E-state index in [1.165, 1.54) is 19.1 Å². The molecule has 5 amide bonds. The van der Waals surface area contributed by atoms with Crippen LogP contribution in [0.3, 0.4) is 0 Å². The van der Waals surface area contributed by atoms with Crippen LogP contribution < -0.4 is 16.4 Å². The molecule has 1 saturated heterocycles. The van der Waals surface area contributed by atoms with E-state index < -0.39 is 54.3 Å². The SMILES string of the molecule is CC[C@H](C)[C@@H]([C@@H](CC(=O)N1CCC[C@H]1[C@H](OC)[C@@H](C)C(=O)N[C@H](C)[C@@H](O)c1ccccc1)OC)N(C)C(=O)[C@@H](NC(=O)[C@H](C(C)C)N(C)C(=O)CCOCCOCCOCCOCCN)C(C)C. The highest BCUT2D eigenvalue weighted by molar-refractivity contribution is 5.92. The van der Waals surface area contributed by atoms with Crippen LogP contribution in [0.25, 0.3) is 0 Å². The Labute approximate surface area is 406 Å². The number of carbonyl (C=O) groups is 5. The number of nitrogens with two attached hydrogens (primary N) is 1. The molecule has 390 valence electrons. The number of ether oxygens (including phenoxy) is 6. The lowest BCUT2D eigenvalue weighted by molar-refractivity contribution is -0.148. The van der Waals surface area contributed by atoms with Crippen molar-refractivity contribution in [2.24, 2.45) is 29.4 Å². The van der Waals surface area contributed by atoms with Gasteiger partial charge in [-0.1, -0.05) is 85.2 Å². The van der Waals surface area contributed by atoms with E-state index >= 15 is 0 Å². The van der Waals surface area contributed by atoms with Crippen LogP contribution >= 0.6 is 0 Å². The first kappa shape index (κ1) is 60.4. The van der Waals surface area contributed by atoms with Crippen molar-refractivity contribution in [3.05, 3.63) is 35.9 Å². The number of benzene rings is 1. The third kappa shape index (κ3) is 18.9. The number of nitrogens with zero attached hydrogens (tertiary/aromatic N) is 3. The predicted octanol–water partition coefficient (Wildman–Crippen LogP) is 3.18. The lowest BCUT2D eigenvalue weighted by atomic mass is 9.89. The van der Waals surface area contributed by atoms with Crippen molar-refractivity contribution in [1.82, 2.24) is 25.3 Å². The number of amides is 5. The molecule has 1 aliphatic heterocycles. The topological polar surface area (TPSA) is 221 Å². The van der Waals surface area contributed by atoms with E-state index in [1.807, 2.05) is 59.7 Å². The quantitative estimate of drug-likeness (QED) is 0.0731. The largest absolute Gasteiger partial charge is 0.386 e. The maximum atomic E-state index is 14.6. The van der Waals surface area contributed by atoms with Crippen molar-refractivity contribution in [3.8, 4) is 0 Å². The number of aliphatic hydroxyl groups excluding tert-OH is 1. The lowest BCUT2D eigenvalue weighted by Gasteiger charge is -2.41. The first-order valence-electron chi connectivity index (χ1n) is 24.6. The van der Waals surface area contributed by atoms with Gasteiger partial charge in [-0.05, 0) is 43.1 Å². The van der Waals surface area contributed by atoms with Crippen LogP contribution in [0.4, 0.5) is 0 Å². The van der Waals surface area contributed by atoms with Crippen LogP contribution in [-0.2, 0) is 52.4 Å². The van der Waals surface area contributed by atoms with Crippen molar-refractivity contribution in [2.75, 3.05) is 94.3 Å². The molecule has 0 saturated carbocycles. The average molecular weight is 965 g/mol. The summed E-state index contributed by atoms with van der Waals surface area (Å²) in [5.41, 5.74) is 6.08. The van der Waals surface area contributed by atoms with Gasteiger partial charge in [0.25, 0.3) is 0 Å². The van der Waals surface area contributed by atoms with E-state index in [9.17, 15) is 29.1 Å². The Morgan fingerprint density at radius 3 is 1.87 bits per heavy atom. The van der Waals surface area contributed by atoms with Crippen molar-refractivity contribution in [3.63, 3.8) is 0 Å². The number of nitrogens with one attached hydrogen (secondary N) is 2. The van der Waals surface area contributed by atoms with Crippen molar-refractivity contribution in [1.29, 1.82) is 0 Å². The number of rotatable bonds is 34. The average Bonchev–Trinajstić information content (AvgIpc) is 3.81. The molecule has 18 nitrogen and oxygen atoms in total. The molecule has 0 spiro atoms. The van der Waals surface area contributed by atoms with Gasteiger partial charge in [0.2, 0.25) is 29.5 Å². The van der Waals surface area contributed by atoms with Crippen molar-refractivity contribution in [2.45, 2.75) is 136 Å². The molecule has 2 rings (SSSR count). The Bertz CT molecular complexity index is 1620. The number of hydrogen-bond acceptors (Lipinski definition) is 13. The third-order valence-electron chi connectivity index (χ3n) is 13.0. The summed E-state index contributed by atoms with van der Waals surface area (Å²) in [4.78, 5) is 74.7. The van der Waals surface area contributed by atoms with Gasteiger partial charge in [0.05, 0.1) is 108 Å². The molecule has 0 radical (unpaired) electrons. The normalized spacial score (nSPS) is 18.0. The van der Waals surface area contributed by atoms with Gasteiger partial charge in [0.1, 0.15) is 12.1 Å². The van der Waals surface area contributed by atoms with E-state index in [0.29, 0.717) is 77.7 Å². The van der Waals surface area contributed by atoms with Crippen molar-refractivity contribution < 1.29 is 57.5 Å². The highest BCUT2D eigenvalue weighted by Crippen LogP contribution is 2.30. The molecule has 0 bridgehead atoms. The molecule has 1 aliphatic rings. The molecule has 1 fully saturated rings. The Balaban J connectivity index is 2.10. The van der Waals surface area contributed by atoms with Gasteiger partial charge in [-0.25, -0.2) is 0 Å². The maximum Gasteiger partial charge on any atom is 0.245 e. The Kier molecular flexibility index (Phi) is 28.6. The predicted molar refractivity (Wildman–Crippen MR) is 260 cm³/mol. The zero-order valence-electron chi connectivity index (χ0n) is 43.3. The zero-order valence-corrected chi connectivity index (χ0v) is 43.3. The van der Waals surface area contributed by atoms with Gasteiger partial charge in [-0.2, -0.15) is 0 Å². The second-order valence-electron chi connectivity index (χ2n) is 18.7. The van der Waals surface area contributed by atoms with Gasteiger partial charge < -0.3 is 64.6 Å². The number of methoxy groups -OCH3 is 2. The molecule has 0 unspecified atom stereocenters. The first-order valence-corrected chi connectivity index (χ1v) is 24.6. The Morgan fingerprint density at radius 2 is 1.35 bits per heavy atom. The van der Waals surface area contributed by atoms with Gasteiger partial charge in [-0.3, -0.25) is 24.0 Å². The van der Waals surface area contributed by atoms with E-state index in [-0.39, 0.29) is 66.9 Å². The standard InChI is InChI=1S/C50H88N6O12/c1-13-35(6)45(40(63-11)32-42(58)56-23-17-20-39(56)47(64-12)36(7)48(60)52-37(8)46(59)38-18-15-14-16-19-38)55(10)50(62)43(33(2)3)53-49(61)44(34(4)5)54(9)41(57)21-24-65-26-28-67-30-31-68-29-27-66-25-22-51/h14-16,18-19,33-37,39-40,43-47,59H,13,17,20-32,51H2,1-12H3,(H,52,60)(H,53,61)/t35-,36+,37+,39-,40+,43-,44-,45-,46+,47+/m0/s1. The molecular weight excluding hydrogens is 877 g/mol. The fourth-order valence-corrected chi connectivity index (χ4v) is 8.91. The summed E-state index contributed by atoms with van der Waals surface area (Å²) in [5.74, 6) is -2.88. The molecule has 5 N–H and O–H groups in total. The van der Waals surface area contributed by atoms with Gasteiger partial charge in [0, 0.05) is 41.4 Å². The number of hydrogen-bond donors (Lipinski definition) is 4. The van der Waals surface area contributed by atoms with Crippen LogP contribution in [0.15, 0.2) is 30.3 Å². The number of aliphatic hydroxyl groups is 1. The van der Waals surface area contributed by atoms with E-state index in [1.54, 1.807) is 49.9 Å². The van der Waals surface area contributed by atoms with E-state index in [0.717, 1.165) is 6.42 Å². The second-order valence-corrected chi connectivity index (χ2v) is 18.7. The second kappa shape index (κ2) is 32.2. The molecule has 1 aromatic rings. The fraction of sp³-hybridized carbons (Fsp3) is 0.780.